The van der Waals surface area contributed by atoms with E-state index in [1.54, 1.807) is 30.3 Å². The number of benzene rings is 2. The Morgan fingerprint density at radius 3 is 2.32 bits per heavy atom. The van der Waals surface area contributed by atoms with Crippen LogP contribution in [0.2, 0.25) is 0 Å². The molecule has 0 fully saturated rings. The monoisotopic (exact) mass is 337 g/mol. The van der Waals surface area contributed by atoms with Crippen LogP contribution in [-0.4, -0.2) is 31.0 Å². The molecule has 6 heteroatoms. The van der Waals surface area contributed by atoms with Gasteiger partial charge in [0.1, 0.15) is 12.6 Å². The summed E-state index contributed by atoms with van der Waals surface area (Å²) in [4.78, 5) is 24.4. The quantitative estimate of drug-likeness (QED) is 0.717. The molecule has 0 unspecified atom stereocenters. The molecule has 2 amide bonds. The summed E-state index contributed by atoms with van der Waals surface area (Å²) < 4.78 is 5.56. The topological polar surface area (TPSA) is 91.2 Å². The Morgan fingerprint density at radius 1 is 1.04 bits per heavy atom. The average Bonchev–Trinajstić information content (AvgIpc) is 2.66. The molecule has 0 aliphatic rings. The van der Waals surface area contributed by atoms with E-state index in [4.69, 9.17) is 10.00 Å². The fourth-order valence-corrected chi connectivity index (χ4v) is 2.13. The molecule has 0 heterocycles. The van der Waals surface area contributed by atoms with Crippen LogP contribution in [-0.2, 0) is 16.1 Å². The lowest BCUT2D eigenvalue weighted by Crippen LogP contribution is -2.49. The van der Waals surface area contributed by atoms with E-state index in [-0.39, 0.29) is 19.1 Å². The highest BCUT2D eigenvalue weighted by atomic mass is 16.5. The lowest BCUT2D eigenvalue weighted by Gasteiger charge is -2.18. The van der Waals surface area contributed by atoms with E-state index in [2.05, 4.69) is 10.6 Å². The van der Waals surface area contributed by atoms with Gasteiger partial charge in [0.2, 0.25) is 5.91 Å². The maximum Gasteiger partial charge on any atom is 0.251 e. The van der Waals surface area contributed by atoms with Crippen molar-refractivity contribution in [1.29, 1.82) is 5.26 Å². The van der Waals surface area contributed by atoms with Gasteiger partial charge in [0.15, 0.2) is 0 Å². The van der Waals surface area contributed by atoms with Crippen LogP contribution in [0.4, 0.5) is 0 Å². The molecule has 0 saturated carbocycles. The minimum atomic E-state index is -0.884. The summed E-state index contributed by atoms with van der Waals surface area (Å²) in [5, 5.41) is 13.7. The summed E-state index contributed by atoms with van der Waals surface area (Å²) in [5.41, 5.74) is 1.41. The third-order valence-electron chi connectivity index (χ3n) is 3.40. The first kappa shape index (κ1) is 18.2. The van der Waals surface area contributed by atoms with Crippen LogP contribution in [0.1, 0.15) is 15.9 Å². The van der Waals surface area contributed by atoms with Gasteiger partial charge in [0.25, 0.3) is 5.91 Å². The second kappa shape index (κ2) is 9.85. The third kappa shape index (κ3) is 6.09. The maximum absolute atomic E-state index is 12.3. The van der Waals surface area contributed by atoms with Crippen LogP contribution in [0, 0.1) is 11.3 Å². The Bertz CT molecular complexity index is 727. The van der Waals surface area contributed by atoms with Crippen molar-refractivity contribution in [3.05, 3.63) is 71.8 Å². The predicted octanol–water partition coefficient (Wildman–Crippen LogP) is 1.64. The molecule has 0 aliphatic heterocycles. The number of amides is 2. The van der Waals surface area contributed by atoms with Crippen molar-refractivity contribution >= 4 is 11.8 Å². The van der Waals surface area contributed by atoms with Gasteiger partial charge in [-0.25, -0.2) is 0 Å². The minimum Gasteiger partial charge on any atom is -0.374 e. The third-order valence-corrected chi connectivity index (χ3v) is 3.40. The number of carbonyl (C=O) groups excluding carboxylic acids is 2. The number of nitriles is 1. The van der Waals surface area contributed by atoms with Crippen molar-refractivity contribution < 1.29 is 14.3 Å². The van der Waals surface area contributed by atoms with Crippen molar-refractivity contribution in [3.8, 4) is 6.07 Å². The molecule has 6 nitrogen and oxygen atoms in total. The molecular formula is C19H19N3O3. The fraction of sp³-hybridized carbons (Fsp3) is 0.211. The zero-order chi connectivity index (χ0) is 17.9. The first-order valence-corrected chi connectivity index (χ1v) is 7.83. The van der Waals surface area contributed by atoms with Gasteiger partial charge in [-0.1, -0.05) is 48.5 Å². The first-order chi connectivity index (χ1) is 12.2. The first-order valence-electron chi connectivity index (χ1n) is 7.83. The van der Waals surface area contributed by atoms with Crippen LogP contribution < -0.4 is 10.6 Å². The molecule has 1 atom stereocenters. The van der Waals surface area contributed by atoms with Crippen molar-refractivity contribution in [2.24, 2.45) is 0 Å². The van der Waals surface area contributed by atoms with Crippen LogP contribution in [0.15, 0.2) is 60.7 Å². The number of carbonyl (C=O) groups is 2. The summed E-state index contributed by atoms with van der Waals surface area (Å²) in [7, 11) is 0. The van der Waals surface area contributed by atoms with Gasteiger partial charge in [-0.2, -0.15) is 5.26 Å². The molecule has 0 radical (unpaired) electrons. The van der Waals surface area contributed by atoms with Gasteiger partial charge in [0.05, 0.1) is 19.3 Å². The fourth-order valence-electron chi connectivity index (χ4n) is 2.13. The summed E-state index contributed by atoms with van der Waals surface area (Å²) in [5.74, 6) is -0.833. The SMILES string of the molecule is N#CCNC(=O)[C@H](COCc1ccccc1)NC(=O)c1ccccc1. The summed E-state index contributed by atoms with van der Waals surface area (Å²) in [6.07, 6.45) is 0. The van der Waals surface area contributed by atoms with Gasteiger partial charge in [0, 0.05) is 5.56 Å². The Labute approximate surface area is 146 Å². The highest BCUT2D eigenvalue weighted by Gasteiger charge is 2.21. The molecule has 0 bridgehead atoms. The van der Waals surface area contributed by atoms with E-state index in [1.165, 1.54) is 0 Å². The number of ether oxygens (including phenoxy) is 1. The largest absolute Gasteiger partial charge is 0.374 e. The highest BCUT2D eigenvalue weighted by Crippen LogP contribution is 2.03. The van der Waals surface area contributed by atoms with Crippen LogP contribution in [0.3, 0.4) is 0 Å². The number of hydrogen-bond acceptors (Lipinski definition) is 4. The number of rotatable bonds is 8. The molecule has 0 aromatic heterocycles. The molecule has 128 valence electrons. The molecule has 2 rings (SSSR count). The normalized spacial score (nSPS) is 11.2. The summed E-state index contributed by atoms with van der Waals surface area (Å²) >= 11 is 0. The van der Waals surface area contributed by atoms with E-state index >= 15 is 0 Å². The second-order valence-electron chi connectivity index (χ2n) is 5.27. The van der Waals surface area contributed by atoms with Crippen molar-refractivity contribution in [2.45, 2.75) is 12.6 Å². The van der Waals surface area contributed by atoms with Crippen LogP contribution in [0.5, 0.6) is 0 Å². The van der Waals surface area contributed by atoms with E-state index in [0.717, 1.165) is 5.56 Å². The molecule has 2 N–H and O–H groups in total. The van der Waals surface area contributed by atoms with Gasteiger partial charge in [-0.05, 0) is 17.7 Å². The molecule has 2 aromatic carbocycles. The van der Waals surface area contributed by atoms with E-state index in [1.807, 2.05) is 36.4 Å². The van der Waals surface area contributed by atoms with E-state index < -0.39 is 11.9 Å². The Balaban J connectivity index is 1.96. The zero-order valence-corrected chi connectivity index (χ0v) is 13.6. The molecule has 2 aromatic rings. The molecule has 0 spiro atoms. The van der Waals surface area contributed by atoms with Crippen molar-refractivity contribution in [2.75, 3.05) is 13.2 Å². The molecular weight excluding hydrogens is 318 g/mol. The van der Waals surface area contributed by atoms with Gasteiger partial charge < -0.3 is 15.4 Å². The second-order valence-corrected chi connectivity index (χ2v) is 5.27. The number of nitrogens with zero attached hydrogens (tertiary/aromatic N) is 1. The molecule has 25 heavy (non-hydrogen) atoms. The van der Waals surface area contributed by atoms with Crippen molar-refractivity contribution in [1.82, 2.24) is 10.6 Å². The Hall–Kier alpha value is -3.17. The van der Waals surface area contributed by atoms with E-state index in [0.29, 0.717) is 12.2 Å². The van der Waals surface area contributed by atoms with E-state index in [9.17, 15) is 9.59 Å². The summed E-state index contributed by atoms with van der Waals surface area (Å²) in [6.45, 7) is 0.198. The zero-order valence-electron chi connectivity index (χ0n) is 13.6. The lowest BCUT2D eigenvalue weighted by molar-refractivity contribution is -0.124. The minimum absolute atomic E-state index is 0.00469. The number of hydrogen-bond donors (Lipinski definition) is 2. The molecule has 0 saturated heterocycles. The predicted molar refractivity (Wildman–Crippen MR) is 92.4 cm³/mol. The average molecular weight is 337 g/mol. The lowest BCUT2D eigenvalue weighted by atomic mass is 10.2. The van der Waals surface area contributed by atoms with Crippen LogP contribution in [0.25, 0.3) is 0 Å². The smallest absolute Gasteiger partial charge is 0.251 e. The highest BCUT2D eigenvalue weighted by molar-refractivity contribution is 5.97. The van der Waals surface area contributed by atoms with Gasteiger partial charge in [-0.15, -0.1) is 0 Å². The van der Waals surface area contributed by atoms with Crippen molar-refractivity contribution in [3.63, 3.8) is 0 Å². The van der Waals surface area contributed by atoms with Gasteiger partial charge >= 0.3 is 0 Å². The maximum atomic E-state index is 12.3. The molecule has 0 aliphatic carbocycles. The van der Waals surface area contributed by atoms with Gasteiger partial charge in [-0.3, -0.25) is 9.59 Å². The Morgan fingerprint density at radius 2 is 1.68 bits per heavy atom. The standard InChI is InChI=1S/C19H19N3O3/c20-11-12-21-19(24)17(14-25-13-15-7-3-1-4-8-15)22-18(23)16-9-5-2-6-10-16/h1-10,17H,12-14H2,(H,21,24)(H,22,23)/t17-/m0/s1. The number of nitrogens with one attached hydrogen (secondary N) is 2. The summed E-state index contributed by atoms with van der Waals surface area (Å²) in [6, 6.07) is 19.1. The Kier molecular flexibility index (Phi) is 7.16. The van der Waals surface area contributed by atoms with Crippen LogP contribution >= 0.6 is 0 Å².